The van der Waals surface area contributed by atoms with Crippen LogP contribution < -0.4 is 0 Å². The molecule has 0 aliphatic heterocycles. The van der Waals surface area contributed by atoms with Crippen LogP contribution in [0.1, 0.15) is 164 Å². The van der Waals surface area contributed by atoms with Crippen LogP contribution in [-0.2, 0) is 0 Å². The van der Waals surface area contributed by atoms with Crippen LogP contribution in [0.5, 0.6) is 0 Å². The van der Waals surface area contributed by atoms with Gasteiger partial charge in [-0.2, -0.15) is 0 Å². The average Bonchev–Trinajstić information content (AvgIpc) is 2.93. The zero-order chi connectivity index (χ0) is 26.7. The molecule has 0 unspecified atom stereocenters. The fourth-order valence-electron chi connectivity index (χ4n) is 7.91. The van der Waals surface area contributed by atoms with Crippen molar-refractivity contribution in [3.63, 3.8) is 0 Å². The molecule has 2 saturated carbocycles. The maximum atomic E-state index is 2.51. The van der Waals surface area contributed by atoms with E-state index in [0.29, 0.717) is 0 Å². The lowest BCUT2D eigenvalue weighted by atomic mass is 9.75. The van der Waals surface area contributed by atoms with Crippen LogP contribution in [0.2, 0.25) is 0 Å². The molecule has 0 aromatic heterocycles. The summed E-state index contributed by atoms with van der Waals surface area (Å²) in [6.07, 6.45) is 25.7. The maximum Gasteiger partial charge on any atom is -0.0154 e. The van der Waals surface area contributed by atoms with E-state index in [1.165, 1.54) is 138 Å². The number of hydrogen-bond donors (Lipinski definition) is 0. The van der Waals surface area contributed by atoms with E-state index in [9.17, 15) is 0 Å². The van der Waals surface area contributed by atoms with Crippen molar-refractivity contribution in [2.24, 2.45) is 11.8 Å². The van der Waals surface area contributed by atoms with Crippen molar-refractivity contribution in [2.75, 3.05) is 0 Å². The summed E-state index contributed by atoms with van der Waals surface area (Å²) in [5.74, 6) is 3.53. The Labute approximate surface area is 236 Å². The molecular formula is C38H58. The summed E-state index contributed by atoms with van der Waals surface area (Å²) >= 11 is 0. The highest BCUT2D eigenvalue weighted by atomic mass is 14.3. The Morgan fingerprint density at radius 3 is 1.82 bits per heavy atom. The molecule has 0 saturated heterocycles. The second-order valence-corrected chi connectivity index (χ2v) is 13.3. The van der Waals surface area contributed by atoms with Crippen LogP contribution in [0.25, 0.3) is 11.1 Å². The van der Waals surface area contributed by atoms with E-state index in [1.54, 1.807) is 11.1 Å². The van der Waals surface area contributed by atoms with Gasteiger partial charge in [-0.15, -0.1) is 0 Å². The van der Waals surface area contributed by atoms with Crippen molar-refractivity contribution in [1.82, 2.24) is 0 Å². The highest BCUT2D eigenvalue weighted by Crippen LogP contribution is 2.41. The van der Waals surface area contributed by atoms with Crippen LogP contribution in [0, 0.1) is 25.7 Å². The minimum absolute atomic E-state index is 0.778. The largest absolute Gasteiger partial charge is 0.0654 e. The molecule has 0 heteroatoms. The fraction of sp³-hybridized carbons (Fsp3) is 0.684. The Morgan fingerprint density at radius 1 is 0.553 bits per heavy atom. The Hall–Kier alpha value is -1.56. The zero-order valence-corrected chi connectivity index (χ0v) is 25.5. The lowest BCUT2D eigenvalue weighted by molar-refractivity contribution is 0.301. The highest BCUT2D eigenvalue weighted by molar-refractivity contribution is 5.69. The van der Waals surface area contributed by atoms with E-state index in [1.807, 2.05) is 0 Å². The average molecular weight is 515 g/mol. The summed E-state index contributed by atoms with van der Waals surface area (Å²) in [6, 6.07) is 14.8. The third-order valence-electron chi connectivity index (χ3n) is 10.3. The summed E-state index contributed by atoms with van der Waals surface area (Å²) in [5.41, 5.74) is 9.02. The van der Waals surface area contributed by atoms with E-state index in [0.717, 1.165) is 23.7 Å². The van der Waals surface area contributed by atoms with Gasteiger partial charge in [0.2, 0.25) is 0 Å². The van der Waals surface area contributed by atoms with Crippen LogP contribution in [0.4, 0.5) is 0 Å². The third kappa shape index (κ3) is 8.22. The summed E-state index contributed by atoms with van der Waals surface area (Å²) < 4.78 is 0. The van der Waals surface area contributed by atoms with Gasteiger partial charge in [-0.3, -0.25) is 0 Å². The summed E-state index contributed by atoms with van der Waals surface area (Å²) in [7, 11) is 0. The van der Waals surface area contributed by atoms with Gasteiger partial charge in [-0.05, 0) is 122 Å². The lowest BCUT2D eigenvalue weighted by Gasteiger charge is -2.30. The second-order valence-electron chi connectivity index (χ2n) is 13.3. The molecule has 2 aromatic carbocycles. The molecule has 0 spiro atoms. The smallest absolute Gasteiger partial charge is 0.0154 e. The molecule has 4 rings (SSSR count). The van der Waals surface area contributed by atoms with Crippen molar-refractivity contribution in [3.8, 4) is 11.1 Å². The first kappa shape index (κ1) is 29.4. The molecule has 0 bridgehead atoms. The van der Waals surface area contributed by atoms with E-state index in [4.69, 9.17) is 0 Å². The quantitative estimate of drug-likeness (QED) is 0.233. The predicted molar refractivity (Wildman–Crippen MR) is 168 cm³/mol. The Kier molecular flexibility index (Phi) is 11.8. The first-order valence-corrected chi connectivity index (χ1v) is 16.8. The first-order valence-electron chi connectivity index (χ1n) is 16.8. The summed E-state index contributed by atoms with van der Waals surface area (Å²) in [6.45, 7) is 9.34. The monoisotopic (exact) mass is 514 g/mol. The van der Waals surface area contributed by atoms with Gasteiger partial charge < -0.3 is 0 Å². The molecule has 2 fully saturated rings. The van der Waals surface area contributed by atoms with Crippen molar-refractivity contribution in [2.45, 2.75) is 155 Å². The highest BCUT2D eigenvalue weighted by Gasteiger charge is 2.24. The number of hydrogen-bond acceptors (Lipinski definition) is 0. The summed E-state index contributed by atoms with van der Waals surface area (Å²) in [5, 5.41) is 0. The van der Waals surface area contributed by atoms with Crippen LogP contribution >= 0.6 is 0 Å². The lowest BCUT2D eigenvalue weighted by Crippen LogP contribution is -2.14. The molecule has 0 heterocycles. The normalized spacial score (nSPS) is 24.0. The Bertz CT molecular complexity index is 952. The van der Waals surface area contributed by atoms with Gasteiger partial charge in [-0.25, -0.2) is 0 Å². The van der Waals surface area contributed by atoms with Gasteiger partial charge in [0, 0.05) is 0 Å². The number of rotatable bonds is 13. The topological polar surface area (TPSA) is 0 Å². The molecule has 38 heavy (non-hydrogen) atoms. The molecule has 0 atom stereocenters. The van der Waals surface area contributed by atoms with Crippen molar-refractivity contribution < 1.29 is 0 Å². The van der Waals surface area contributed by atoms with Crippen molar-refractivity contribution in [3.05, 3.63) is 58.7 Å². The minimum atomic E-state index is 0.778. The van der Waals surface area contributed by atoms with Crippen LogP contribution in [0.15, 0.2) is 36.4 Å². The summed E-state index contributed by atoms with van der Waals surface area (Å²) in [4.78, 5) is 0. The van der Waals surface area contributed by atoms with Crippen LogP contribution in [0.3, 0.4) is 0 Å². The number of benzene rings is 2. The van der Waals surface area contributed by atoms with Gasteiger partial charge in [0.1, 0.15) is 0 Å². The SMILES string of the molecule is CCCCCCCCCC1CCC(c2ccc(-c3ccc(C4CCC(CCC)CC4)cc3C)cc2C)CC1. The van der Waals surface area contributed by atoms with E-state index in [2.05, 4.69) is 64.1 Å². The first-order chi connectivity index (χ1) is 18.6. The molecule has 2 aliphatic carbocycles. The van der Waals surface area contributed by atoms with Gasteiger partial charge in [0.25, 0.3) is 0 Å². The molecular weight excluding hydrogens is 456 g/mol. The minimum Gasteiger partial charge on any atom is -0.0654 e. The molecule has 0 nitrogen and oxygen atoms in total. The van der Waals surface area contributed by atoms with E-state index >= 15 is 0 Å². The van der Waals surface area contributed by atoms with Gasteiger partial charge >= 0.3 is 0 Å². The molecule has 0 amide bonds. The Balaban J connectivity index is 1.27. The molecule has 0 radical (unpaired) electrons. The van der Waals surface area contributed by atoms with E-state index < -0.39 is 0 Å². The second kappa shape index (κ2) is 15.3. The predicted octanol–water partition coefficient (Wildman–Crippen LogP) is 12.5. The molecule has 210 valence electrons. The van der Waals surface area contributed by atoms with Crippen molar-refractivity contribution >= 4 is 0 Å². The molecule has 0 N–H and O–H groups in total. The number of aryl methyl sites for hydroxylation is 2. The molecule has 2 aromatic rings. The number of unbranched alkanes of at least 4 members (excludes halogenated alkanes) is 6. The van der Waals surface area contributed by atoms with Gasteiger partial charge in [0.15, 0.2) is 0 Å². The molecule has 2 aliphatic rings. The van der Waals surface area contributed by atoms with Crippen LogP contribution in [-0.4, -0.2) is 0 Å². The fourth-order valence-corrected chi connectivity index (χ4v) is 7.91. The van der Waals surface area contributed by atoms with Gasteiger partial charge in [0.05, 0.1) is 0 Å². The Morgan fingerprint density at radius 2 is 1.18 bits per heavy atom. The zero-order valence-electron chi connectivity index (χ0n) is 25.5. The standard InChI is InChI=1S/C38H58/c1-5-7-8-9-10-11-12-14-32-17-21-34(22-18-32)37-26-24-36(28-30(37)4)38-25-23-35(27-29(38)3)33-19-15-31(13-6-2)16-20-33/h23-28,31-34H,5-22H2,1-4H3. The third-order valence-corrected chi connectivity index (χ3v) is 10.3. The van der Waals surface area contributed by atoms with E-state index in [-0.39, 0.29) is 0 Å². The van der Waals surface area contributed by atoms with Crippen molar-refractivity contribution in [1.29, 1.82) is 0 Å². The maximum absolute atomic E-state index is 2.51. The van der Waals surface area contributed by atoms with Gasteiger partial charge in [-0.1, -0.05) is 114 Å².